The highest BCUT2D eigenvalue weighted by atomic mass is 16.5. The number of ether oxygens (including phenoxy) is 1. The summed E-state index contributed by atoms with van der Waals surface area (Å²) in [6, 6.07) is 19.6. The second-order valence-corrected chi connectivity index (χ2v) is 5.61. The van der Waals surface area contributed by atoms with Crippen molar-refractivity contribution < 1.29 is 4.74 Å². The van der Waals surface area contributed by atoms with E-state index in [0.29, 0.717) is 18.1 Å². The average Bonchev–Trinajstić information content (AvgIpc) is 3.09. The largest absolute Gasteiger partial charge is 0.489 e. The normalized spacial score (nSPS) is 10.8. The molecule has 0 bridgehead atoms. The zero-order valence-corrected chi connectivity index (χ0v) is 13.6. The van der Waals surface area contributed by atoms with Crippen LogP contribution in [0.3, 0.4) is 0 Å². The van der Waals surface area contributed by atoms with Crippen molar-refractivity contribution >= 4 is 17.2 Å². The molecule has 2 aromatic heterocycles. The predicted octanol–water partition coefficient (Wildman–Crippen LogP) is 3.15. The Kier molecular flexibility index (Phi) is 3.96. The molecular weight excluding hydrogens is 316 g/mol. The van der Waals surface area contributed by atoms with Crippen molar-refractivity contribution in [3.8, 4) is 5.75 Å². The van der Waals surface area contributed by atoms with Crippen molar-refractivity contribution in [2.24, 2.45) is 0 Å². The number of nitrogens with zero attached hydrogens (tertiary/aromatic N) is 5. The molecule has 0 aliphatic carbocycles. The molecule has 0 fully saturated rings. The Morgan fingerprint density at radius 3 is 2.88 bits per heavy atom. The molecule has 0 atom stereocenters. The van der Waals surface area contributed by atoms with E-state index >= 15 is 0 Å². The molecule has 25 heavy (non-hydrogen) atoms. The Morgan fingerprint density at radius 1 is 1.04 bits per heavy atom. The van der Waals surface area contributed by atoms with Gasteiger partial charge in [-0.1, -0.05) is 30.3 Å². The molecule has 0 saturated heterocycles. The number of fused-ring (bicyclic) bond motifs is 1. The molecule has 0 amide bonds. The van der Waals surface area contributed by atoms with Gasteiger partial charge in [0.2, 0.25) is 0 Å². The van der Waals surface area contributed by atoms with Crippen LogP contribution in [0.4, 0.5) is 11.5 Å². The van der Waals surface area contributed by atoms with E-state index in [1.54, 1.807) is 6.07 Å². The number of rotatable bonds is 5. The van der Waals surface area contributed by atoms with Crippen LogP contribution in [-0.4, -0.2) is 25.3 Å². The topological polar surface area (TPSA) is 77.2 Å². The fourth-order valence-electron chi connectivity index (χ4n) is 2.46. The molecule has 124 valence electrons. The molecular formula is C18H16N6O. The number of aryl methyl sites for hydroxylation is 1. The highest BCUT2D eigenvalue weighted by Crippen LogP contribution is 2.22. The van der Waals surface area contributed by atoms with Crippen LogP contribution in [0.5, 0.6) is 5.75 Å². The maximum Gasteiger partial charge on any atom is 0.200 e. The summed E-state index contributed by atoms with van der Waals surface area (Å²) < 4.78 is 7.29. The fourth-order valence-corrected chi connectivity index (χ4v) is 2.46. The minimum Gasteiger partial charge on any atom is -0.489 e. The van der Waals surface area contributed by atoms with E-state index in [1.807, 2.05) is 42.5 Å². The smallest absolute Gasteiger partial charge is 0.200 e. The van der Waals surface area contributed by atoms with E-state index in [2.05, 4.69) is 45.0 Å². The van der Waals surface area contributed by atoms with Crippen LogP contribution in [0.2, 0.25) is 0 Å². The fraction of sp³-hybridized carbons (Fsp3) is 0.111. The van der Waals surface area contributed by atoms with Gasteiger partial charge in [0.25, 0.3) is 0 Å². The molecule has 0 aliphatic rings. The van der Waals surface area contributed by atoms with Gasteiger partial charge in [0.15, 0.2) is 11.5 Å². The Hall–Kier alpha value is -3.48. The molecule has 0 unspecified atom stereocenters. The number of nitrogens with one attached hydrogen (secondary N) is 1. The SMILES string of the molecule is Cc1ccccc1COc1cccc(Nc2ccc3nnnn3n2)c1. The third kappa shape index (κ3) is 3.40. The lowest BCUT2D eigenvalue weighted by atomic mass is 10.1. The Balaban J connectivity index is 1.48. The van der Waals surface area contributed by atoms with Crippen molar-refractivity contribution in [1.29, 1.82) is 0 Å². The summed E-state index contributed by atoms with van der Waals surface area (Å²) >= 11 is 0. The lowest BCUT2D eigenvalue weighted by Gasteiger charge is -2.10. The van der Waals surface area contributed by atoms with Crippen LogP contribution >= 0.6 is 0 Å². The van der Waals surface area contributed by atoms with Gasteiger partial charge in [0.1, 0.15) is 12.4 Å². The number of aromatic nitrogens is 5. The molecule has 0 aliphatic heterocycles. The Bertz CT molecular complexity index is 1010. The van der Waals surface area contributed by atoms with Gasteiger partial charge in [-0.25, -0.2) is 0 Å². The summed E-state index contributed by atoms with van der Waals surface area (Å²) in [5.74, 6) is 1.44. The Morgan fingerprint density at radius 2 is 1.96 bits per heavy atom. The number of hydrogen-bond donors (Lipinski definition) is 1. The molecule has 0 radical (unpaired) electrons. The summed E-state index contributed by atoms with van der Waals surface area (Å²) in [4.78, 5) is 0. The van der Waals surface area contributed by atoms with E-state index in [1.165, 1.54) is 15.8 Å². The molecule has 2 aromatic carbocycles. The summed E-state index contributed by atoms with van der Waals surface area (Å²) in [5.41, 5.74) is 3.87. The van der Waals surface area contributed by atoms with Crippen molar-refractivity contribution in [2.75, 3.05) is 5.32 Å². The standard InChI is InChI=1S/C18H16N6O/c1-13-5-2-3-6-14(13)12-25-16-8-4-7-15(11-16)19-17-9-10-18-20-22-23-24(18)21-17/h2-11H,12H2,1H3,(H,19,21). The second kappa shape index (κ2) is 6.56. The first-order chi connectivity index (χ1) is 12.3. The van der Waals surface area contributed by atoms with E-state index < -0.39 is 0 Å². The molecule has 1 N–H and O–H groups in total. The summed E-state index contributed by atoms with van der Waals surface area (Å²) in [6.45, 7) is 2.61. The van der Waals surface area contributed by atoms with Crippen molar-refractivity contribution in [1.82, 2.24) is 25.3 Å². The lowest BCUT2D eigenvalue weighted by molar-refractivity contribution is 0.305. The van der Waals surface area contributed by atoms with Crippen LogP contribution in [0.15, 0.2) is 60.7 Å². The maximum atomic E-state index is 5.91. The van der Waals surface area contributed by atoms with E-state index in [0.717, 1.165) is 11.4 Å². The second-order valence-electron chi connectivity index (χ2n) is 5.61. The van der Waals surface area contributed by atoms with Crippen molar-refractivity contribution in [2.45, 2.75) is 13.5 Å². The number of anilines is 2. The maximum absolute atomic E-state index is 5.91. The molecule has 7 nitrogen and oxygen atoms in total. The summed E-state index contributed by atoms with van der Waals surface area (Å²) in [6.07, 6.45) is 0. The number of hydrogen-bond acceptors (Lipinski definition) is 6. The molecule has 4 rings (SSSR count). The molecule has 2 heterocycles. The van der Waals surface area contributed by atoms with Gasteiger partial charge >= 0.3 is 0 Å². The zero-order valence-electron chi connectivity index (χ0n) is 13.6. The van der Waals surface area contributed by atoms with Crippen LogP contribution in [0.25, 0.3) is 5.65 Å². The molecule has 0 spiro atoms. The first-order valence-corrected chi connectivity index (χ1v) is 7.88. The minimum absolute atomic E-state index is 0.533. The first-order valence-electron chi connectivity index (χ1n) is 7.88. The van der Waals surface area contributed by atoms with Gasteiger partial charge in [-0.3, -0.25) is 0 Å². The molecule has 7 heteroatoms. The van der Waals surface area contributed by atoms with Crippen molar-refractivity contribution in [3.63, 3.8) is 0 Å². The van der Waals surface area contributed by atoms with Gasteiger partial charge in [-0.05, 0) is 52.7 Å². The van der Waals surface area contributed by atoms with Gasteiger partial charge in [0, 0.05) is 11.8 Å². The summed E-state index contributed by atoms with van der Waals surface area (Å²) in [7, 11) is 0. The molecule has 0 saturated carbocycles. The average molecular weight is 332 g/mol. The highest BCUT2D eigenvalue weighted by Gasteiger charge is 2.03. The lowest BCUT2D eigenvalue weighted by Crippen LogP contribution is -2.01. The van der Waals surface area contributed by atoms with Crippen LogP contribution in [0, 0.1) is 6.92 Å². The van der Waals surface area contributed by atoms with Crippen LogP contribution < -0.4 is 10.1 Å². The third-order valence-corrected chi connectivity index (χ3v) is 3.83. The first kappa shape index (κ1) is 15.1. The quantitative estimate of drug-likeness (QED) is 0.605. The molecule has 4 aromatic rings. The number of tetrazole rings is 1. The van der Waals surface area contributed by atoms with Gasteiger partial charge < -0.3 is 10.1 Å². The summed E-state index contributed by atoms with van der Waals surface area (Å²) in [5, 5.41) is 18.7. The van der Waals surface area contributed by atoms with Gasteiger partial charge in [0.05, 0.1) is 0 Å². The number of benzene rings is 2. The Labute approximate surface area is 144 Å². The zero-order chi connectivity index (χ0) is 17.1. The van der Waals surface area contributed by atoms with Crippen molar-refractivity contribution in [3.05, 3.63) is 71.8 Å². The monoisotopic (exact) mass is 332 g/mol. The van der Waals surface area contributed by atoms with E-state index in [9.17, 15) is 0 Å². The van der Waals surface area contributed by atoms with Crippen LogP contribution in [-0.2, 0) is 6.61 Å². The van der Waals surface area contributed by atoms with Crippen LogP contribution in [0.1, 0.15) is 11.1 Å². The van der Waals surface area contributed by atoms with Gasteiger partial charge in [-0.15, -0.1) is 14.8 Å². The van der Waals surface area contributed by atoms with E-state index in [-0.39, 0.29) is 0 Å². The third-order valence-electron chi connectivity index (χ3n) is 3.83. The minimum atomic E-state index is 0.533. The predicted molar refractivity (Wildman–Crippen MR) is 93.8 cm³/mol. The highest BCUT2D eigenvalue weighted by molar-refractivity contribution is 5.58. The van der Waals surface area contributed by atoms with Gasteiger partial charge in [-0.2, -0.15) is 0 Å². The van der Waals surface area contributed by atoms with E-state index in [4.69, 9.17) is 4.74 Å².